The van der Waals surface area contributed by atoms with Gasteiger partial charge < -0.3 is 9.47 Å². The van der Waals surface area contributed by atoms with Crippen LogP contribution in [0.5, 0.6) is 5.75 Å². The Morgan fingerprint density at radius 2 is 1.89 bits per heavy atom. The average molecular weight is 271 g/mol. The van der Waals surface area contributed by atoms with Gasteiger partial charge in [-0.3, -0.25) is 4.79 Å². The number of carbonyl (C=O) groups excluding carboxylic acids is 2. The van der Waals surface area contributed by atoms with Gasteiger partial charge in [-0.15, -0.1) is 0 Å². The van der Waals surface area contributed by atoms with Gasteiger partial charge in [-0.25, -0.2) is 4.79 Å². The van der Waals surface area contributed by atoms with Crippen LogP contribution in [0.25, 0.3) is 0 Å². The summed E-state index contributed by atoms with van der Waals surface area (Å²) in [6.45, 7) is 4.10. The molecule has 0 saturated heterocycles. The van der Waals surface area contributed by atoms with E-state index >= 15 is 0 Å². The van der Waals surface area contributed by atoms with Crippen LogP contribution in [-0.4, -0.2) is 23.9 Å². The van der Waals surface area contributed by atoms with Crippen molar-refractivity contribution in [1.82, 2.24) is 0 Å². The van der Waals surface area contributed by atoms with Gasteiger partial charge in [-0.1, -0.05) is 6.92 Å². The van der Waals surface area contributed by atoms with E-state index in [0.29, 0.717) is 17.9 Å². The highest BCUT2D eigenvalue weighted by molar-refractivity contribution is 6.67. The molecule has 0 amide bonds. The zero-order valence-corrected chi connectivity index (χ0v) is 11.1. The summed E-state index contributed by atoms with van der Waals surface area (Å²) >= 11 is 5.30. The third-order valence-electron chi connectivity index (χ3n) is 2.20. The van der Waals surface area contributed by atoms with E-state index in [-0.39, 0.29) is 0 Å². The number of esters is 1. The first kappa shape index (κ1) is 14.7. The Labute approximate surface area is 111 Å². The van der Waals surface area contributed by atoms with E-state index in [1.54, 1.807) is 6.92 Å². The number of ether oxygens (including phenoxy) is 2. The molecule has 0 aliphatic rings. The smallest absolute Gasteiger partial charge is 0.340 e. The summed E-state index contributed by atoms with van der Waals surface area (Å²) in [7, 11) is 0. The number of rotatable bonds is 6. The molecule has 0 aliphatic carbocycles. The van der Waals surface area contributed by atoms with Crippen molar-refractivity contribution in [3.8, 4) is 5.75 Å². The van der Waals surface area contributed by atoms with Crippen molar-refractivity contribution in [3.05, 3.63) is 29.8 Å². The van der Waals surface area contributed by atoms with E-state index in [1.165, 1.54) is 24.3 Å². The number of hydrogen-bond donors (Lipinski definition) is 0. The molecule has 0 saturated carbocycles. The summed E-state index contributed by atoms with van der Waals surface area (Å²) in [5.74, 6) is -0.109. The van der Waals surface area contributed by atoms with Crippen molar-refractivity contribution in [2.75, 3.05) is 6.61 Å². The van der Waals surface area contributed by atoms with Crippen LogP contribution in [0.15, 0.2) is 24.3 Å². The summed E-state index contributed by atoms with van der Waals surface area (Å²) in [6.07, 6.45) is 0.226. The Morgan fingerprint density at radius 3 is 2.39 bits per heavy atom. The largest absolute Gasteiger partial charge is 0.425 e. The minimum atomic E-state index is -0.612. The van der Waals surface area contributed by atoms with Crippen LogP contribution in [0.3, 0.4) is 0 Å². The summed E-state index contributed by atoms with van der Waals surface area (Å²) in [5.41, 5.74) is 0.353. The van der Waals surface area contributed by atoms with Crippen molar-refractivity contribution >= 4 is 22.8 Å². The fourth-order valence-corrected chi connectivity index (χ4v) is 1.34. The molecule has 0 radical (unpaired) electrons. The molecule has 0 aliphatic heterocycles. The molecule has 5 heteroatoms. The van der Waals surface area contributed by atoms with E-state index in [9.17, 15) is 9.59 Å². The highest BCUT2D eigenvalue weighted by atomic mass is 35.5. The molecular formula is C13H15ClO4. The highest BCUT2D eigenvalue weighted by Crippen LogP contribution is 2.14. The first-order valence-corrected chi connectivity index (χ1v) is 6.05. The van der Waals surface area contributed by atoms with Gasteiger partial charge in [-0.2, -0.15) is 0 Å². The maximum Gasteiger partial charge on any atom is 0.340 e. The molecule has 0 spiro atoms. The third kappa shape index (κ3) is 4.47. The average Bonchev–Trinajstić information content (AvgIpc) is 2.36. The Hall–Kier alpha value is -1.39. The molecule has 1 atom stereocenters. The molecule has 0 heterocycles. The van der Waals surface area contributed by atoms with Crippen LogP contribution in [-0.2, 0) is 9.53 Å². The number of halogens is 1. The van der Waals surface area contributed by atoms with Gasteiger partial charge in [0.2, 0.25) is 0 Å². The monoisotopic (exact) mass is 270 g/mol. The van der Waals surface area contributed by atoms with Gasteiger partial charge in [0, 0.05) is 12.2 Å². The second-order valence-corrected chi connectivity index (χ2v) is 4.08. The Kier molecular flexibility index (Phi) is 5.82. The molecule has 0 aromatic heterocycles. The molecule has 1 aromatic carbocycles. The van der Waals surface area contributed by atoms with E-state index in [2.05, 4.69) is 0 Å². The molecule has 1 aromatic rings. The summed E-state index contributed by atoms with van der Waals surface area (Å²) in [5, 5.41) is -0.549. The number of carbonyl (C=O) groups is 2. The minimum absolute atomic E-state index is 0.353. The fraction of sp³-hybridized carbons (Fsp3) is 0.385. The van der Waals surface area contributed by atoms with Crippen molar-refractivity contribution < 1.29 is 19.1 Å². The van der Waals surface area contributed by atoms with Crippen LogP contribution in [0.1, 0.15) is 30.6 Å². The van der Waals surface area contributed by atoms with Crippen LogP contribution >= 0.6 is 11.6 Å². The lowest BCUT2D eigenvalue weighted by atomic mass is 10.2. The molecular weight excluding hydrogens is 256 g/mol. The zero-order chi connectivity index (χ0) is 13.5. The molecule has 0 fully saturated rings. The van der Waals surface area contributed by atoms with E-state index in [0.717, 1.165) is 6.42 Å². The van der Waals surface area contributed by atoms with Gasteiger partial charge in [0.1, 0.15) is 5.75 Å². The molecule has 0 unspecified atom stereocenters. The molecule has 1 rings (SSSR count). The van der Waals surface area contributed by atoms with Crippen molar-refractivity contribution in [2.24, 2.45) is 0 Å². The second-order valence-electron chi connectivity index (χ2n) is 3.73. The summed E-state index contributed by atoms with van der Waals surface area (Å²) < 4.78 is 10.3. The van der Waals surface area contributed by atoms with Crippen LogP contribution in [0.2, 0.25) is 0 Å². The van der Waals surface area contributed by atoms with Crippen LogP contribution in [0, 0.1) is 0 Å². The lowest BCUT2D eigenvalue weighted by Gasteiger charge is -2.11. The standard InChI is InChI=1S/C13H15ClO4/c1-3-8-17-9(2)13(16)18-11-6-4-10(5-7-11)12(14)15/h4-7,9H,3,8H2,1-2H3/t9-/m0/s1. The number of hydrogen-bond acceptors (Lipinski definition) is 4. The SMILES string of the molecule is CCCO[C@@H](C)C(=O)Oc1ccc(C(=O)Cl)cc1. The topological polar surface area (TPSA) is 52.6 Å². The first-order chi connectivity index (χ1) is 8.54. The maximum atomic E-state index is 11.6. The number of benzene rings is 1. The fourth-order valence-electron chi connectivity index (χ4n) is 1.22. The van der Waals surface area contributed by atoms with Gasteiger partial charge in [0.05, 0.1) is 0 Å². The summed E-state index contributed by atoms with van der Waals surface area (Å²) in [6, 6.07) is 6.02. The van der Waals surface area contributed by atoms with Gasteiger partial charge in [0.15, 0.2) is 6.10 Å². The molecule has 18 heavy (non-hydrogen) atoms. The molecule has 98 valence electrons. The second kappa shape index (κ2) is 7.13. The van der Waals surface area contributed by atoms with Crippen LogP contribution in [0.4, 0.5) is 0 Å². The third-order valence-corrected chi connectivity index (χ3v) is 2.42. The van der Waals surface area contributed by atoms with Crippen molar-refractivity contribution in [3.63, 3.8) is 0 Å². The quantitative estimate of drug-likeness (QED) is 0.453. The van der Waals surface area contributed by atoms with E-state index in [1.807, 2.05) is 6.92 Å². The van der Waals surface area contributed by atoms with Crippen molar-refractivity contribution in [1.29, 1.82) is 0 Å². The molecule has 0 bridgehead atoms. The van der Waals surface area contributed by atoms with Gasteiger partial charge in [0.25, 0.3) is 5.24 Å². The predicted octanol–water partition coefficient (Wildman–Crippen LogP) is 2.79. The van der Waals surface area contributed by atoms with Crippen molar-refractivity contribution in [2.45, 2.75) is 26.4 Å². The van der Waals surface area contributed by atoms with Crippen LogP contribution < -0.4 is 4.74 Å². The predicted molar refractivity (Wildman–Crippen MR) is 68.0 cm³/mol. The molecule has 4 nitrogen and oxygen atoms in total. The van der Waals surface area contributed by atoms with Gasteiger partial charge >= 0.3 is 5.97 Å². The lowest BCUT2D eigenvalue weighted by molar-refractivity contribution is -0.146. The Bertz CT molecular complexity index is 414. The lowest BCUT2D eigenvalue weighted by Crippen LogP contribution is -2.26. The summed E-state index contributed by atoms with van der Waals surface area (Å²) in [4.78, 5) is 22.4. The first-order valence-electron chi connectivity index (χ1n) is 5.67. The highest BCUT2D eigenvalue weighted by Gasteiger charge is 2.15. The maximum absolute atomic E-state index is 11.6. The Morgan fingerprint density at radius 1 is 1.28 bits per heavy atom. The molecule has 0 N–H and O–H groups in total. The van der Waals surface area contributed by atoms with Gasteiger partial charge in [-0.05, 0) is 49.2 Å². The Balaban J connectivity index is 2.56. The van der Waals surface area contributed by atoms with E-state index < -0.39 is 17.3 Å². The van der Waals surface area contributed by atoms with E-state index in [4.69, 9.17) is 21.1 Å². The zero-order valence-electron chi connectivity index (χ0n) is 10.3. The minimum Gasteiger partial charge on any atom is -0.425 e. The normalized spacial score (nSPS) is 11.9.